The summed E-state index contributed by atoms with van der Waals surface area (Å²) in [6, 6.07) is 0. The van der Waals surface area contributed by atoms with Crippen LogP contribution in [0.2, 0.25) is 0 Å². The van der Waals surface area contributed by atoms with E-state index in [9.17, 15) is 0 Å². The van der Waals surface area contributed by atoms with Crippen LogP contribution in [0.25, 0.3) is 0 Å². The lowest BCUT2D eigenvalue weighted by Gasteiger charge is -2.34. The molecule has 0 saturated carbocycles. The van der Waals surface area contributed by atoms with Crippen LogP contribution < -0.4 is 4.90 Å². The van der Waals surface area contributed by atoms with Gasteiger partial charge in [-0.05, 0) is 25.8 Å². The monoisotopic (exact) mass is 271 g/mol. The topological polar surface area (TPSA) is 29.0 Å². The van der Waals surface area contributed by atoms with Crippen LogP contribution in [0.4, 0.5) is 5.95 Å². The van der Waals surface area contributed by atoms with E-state index in [1.54, 1.807) is 0 Å². The summed E-state index contributed by atoms with van der Waals surface area (Å²) >= 11 is 3.38. The van der Waals surface area contributed by atoms with E-state index in [0.29, 0.717) is 0 Å². The minimum Gasteiger partial charge on any atom is -0.339 e. The van der Waals surface area contributed by atoms with Gasteiger partial charge in [-0.3, -0.25) is 0 Å². The predicted octanol–water partition coefficient (Wildman–Crippen LogP) is 3.00. The Balaban J connectivity index is 2.87. The molecule has 0 unspecified atom stereocenters. The lowest BCUT2D eigenvalue weighted by Crippen LogP contribution is -2.41. The van der Waals surface area contributed by atoms with Gasteiger partial charge in [0.25, 0.3) is 0 Å². The highest BCUT2D eigenvalue weighted by Gasteiger charge is 2.22. The summed E-state index contributed by atoms with van der Waals surface area (Å²) in [6.45, 7) is 6.55. The van der Waals surface area contributed by atoms with Gasteiger partial charge in [0.2, 0.25) is 5.95 Å². The van der Waals surface area contributed by atoms with Crippen molar-refractivity contribution in [2.75, 3.05) is 11.9 Å². The summed E-state index contributed by atoms with van der Waals surface area (Å²) in [4.78, 5) is 10.8. The lowest BCUT2D eigenvalue weighted by molar-refractivity contribution is 0.463. The minimum atomic E-state index is 0.0932. The van der Waals surface area contributed by atoms with Gasteiger partial charge in [-0.15, -0.1) is 0 Å². The number of nitrogens with zero attached hydrogens (tertiary/aromatic N) is 3. The number of aromatic nitrogens is 2. The Morgan fingerprint density at radius 2 is 1.87 bits per heavy atom. The molecule has 0 atom stereocenters. The molecule has 0 aliphatic rings. The Morgan fingerprint density at radius 1 is 1.33 bits per heavy atom. The number of alkyl halides is 1. The average Bonchev–Trinajstić information content (AvgIpc) is 2.28. The Kier molecular flexibility index (Phi) is 4.08. The molecule has 0 aromatic carbocycles. The summed E-state index contributed by atoms with van der Waals surface area (Å²) < 4.78 is 0. The molecule has 1 rings (SSSR count). The van der Waals surface area contributed by atoms with Gasteiger partial charge in [0.15, 0.2) is 0 Å². The van der Waals surface area contributed by atoms with Crippen molar-refractivity contribution in [3.05, 3.63) is 18.0 Å². The first-order valence-electron chi connectivity index (χ1n) is 5.12. The maximum Gasteiger partial charge on any atom is 0.225 e. The van der Waals surface area contributed by atoms with Crippen molar-refractivity contribution >= 4 is 21.9 Å². The quantitative estimate of drug-likeness (QED) is 0.789. The molecule has 15 heavy (non-hydrogen) atoms. The van der Waals surface area contributed by atoms with Crippen molar-refractivity contribution < 1.29 is 0 Å². The molecule has 0 aliphatic heterocycles. The number of anilines is 1. The maximum atomic E-state index is 4.35. The van der Waals surface area contributed by atoms with Crippen molar-refractivity contribution in [2.24, 2.45) is 0 Å². The second-order valence-electron chi connectivity index (χ2n) is 4.25. The first-order chi connectivity index (χ1) is 7.01. The largest absolute Gasteiger partial charge is 0.339 e. The fourth-order valence-corrected chi connectivity index (χ4v) is 1.39. The van der Waals surface area contributed by atoms with Crippen LogP contribution in [-0.4, -0.2) is 22.6 Å². The summed E-state index contributed by atoms with van der Waals surface area (Å²) in [6.07, 6.45) is 4.78. The van der Waals surface area contributed by atoms with Gasteiger partial charge in [-0.1, -0.05) is 22.9 Å². The van der Waals surface area contributed by atoms with E-state index in [2.05, 4.69) is 51.6 Å². The van der Waals surface area contributed by atoms with Gasteiger partial charge in [0.05, 0.1) is 0 Å². The molecule has 3 nitrogen and oxygen atoms in total. The molecule has 0 spiro atoms. The van der Waals surface area contributed by atoms with E-state index in [0.717, 1.165) is 23.3 Å². The van der Waals surface area contributed by atoms with Crippen LogP contribution >= 0.6 is 15.9 Å². The molecule has 0 fully saturated rings. The summed E-state index contributed by atoms with van der Waals surface area (Å²) in [7, 11) is 2.03. The minimum absolute atomic E-state index is 0.0932. The van der Waals surface area contributed by atoms with Crippen molar-refractivity contribution in [3.8, 4) is 0 Å². The Bertz CT molecular complexity index is 308. The molecule has 1 heterocycles. The van der Waals surface area contributed by atoms with E-state index in [1.165, 1.54) is 0 Å². The average molecular weight is 272 g/mol. The van der Waals surface area contributed by atoms with Crippen LogP contribution in [0.1, 0.15) is 32.8 Å². The van der Waals surface area contributed by atoms with Crippen molar-refractivity contribution in [1.29, 1.82) is 0 Å². The molecule has 1 aromatic rings. The van der Waals surface area contributed by atoms with E-state index < -0.39 is 0 Å². The van der Waals surface area contributed by atoms with Crippen LogP contribution in [0, 0.1) is 0 Å². The number of halogens is 1. The normalized spacial score (nSPS) is 11.5. The fraction of sp³-hybridized carbons (Fsp3) is 0.636. The third-order valence-corrected chi connectivity index (χ3v) is 3.57. The first-order valence-corrected chi connectivity index (χ1v) is 6.24. The Morgan fingerprint density at radius 3 is 2.27 bits per heavy atom. The highest BCUT2D eigenvalue weighted by atomic mass is 79.9. The highest BCUT2D eigenvalue weighted by molar-refractivity contribution is 9.08. The van der Waals surface area contributed by atoms with E-state index in [1.807, 2.05) is 19.4 Å². The first kappa shape index (κ1) is 12.4. The van der Waals surface area contributed by atoms with Gasteiger partial charge in [0.1, 0.15) is 0 Å². The maximum absolute atomic E-state index is 4.35. The van der Waals surface area contributed by atoms with Gasteiger partial charge < -0.3 is 4.90 Å². The van der Waals surface area contributed by atoms with E-state index in [-0.39, 0.29) is 5.54 Å². The zero-order valence-corrected chi connectivity index (χ0v) is 11.4. The number of rotatable bonds is 4. The molecular weight excluding hydrogens is 254 g/mol. The number of hydrogen-bond donors (Lipinski definition) is 0. The third-order valence-electron chi connectivity index (χ3n) is 2.92. The molecule has 0 aliphatic carbocycles. The standard InChI is InChI=1S/C11H18BrN3/c1-5-11(2,3)15(4)10-13-7-9(6-12)8-14-10/h7-8H,5-6H2,1-4H3. The summed E-state index contributed by atoms with van der Waals surface area (Å²) in [5.74, 6) is 0.784. The summed E-state index contributed by atoms with van der Waals surface area (Å²) in [5, 5.41) is 0.800. The molecule has 1 aromatic heterocycles. The fourth-order valence-electron chi connectivity index (χ4n) is 1.10. The zero-order valence-electron chi connectivity index (χ0n) is 9.79. The van der Waals surface area contributed by atoms with Crippen LogP contribution in [0.15, 0.2) is 12.4 Å². The van der Waals surface area contributed by atoms with Crippen LogP contribution in [0.3, 0.4) is 0 Å². The van der Waals surface area contributed by atoms with E-state index >= 15 is 0 Å². The van der Waals surface area contributed by atoms with Gasteiger partial charge in [-0.2, -0.15) is 0 Å². The predicted molar refractivity (Wildman–Crippen MR) is 67.4 cm³/mol. The zero-order chi connectivity index (χ0) is 11.5. The van der Waals surface area contributed by atoms with Crippen molar-refractivity contribution in [2.45, 2.75) is 38.1 Å². The third kappa shape index (κ3) is 2.91. The second kappa shape index (κ2) is 4.92. The van der Waals surface area contributed by atoms with E-state index in [4.69, 9.17) is 0 Å². The van der Waals surface area contributed by atoms with Crippen molar-refractivity contribution in [1.82, 2.24) is 9.97 Å². The molecule has 84 valence electrons. The van der Waals surface area contributed by atoms with Gasteiger partial charge in [-0.25, -0.2) is 9.97 Å². The van der Waals surface area contributed by atoms with Crippen molar-refractivity contribution in [3.63, 3.8) is 0 Å². The van der Waals surface area contributed by atoms with Crippen LogP contribution in [-0.2, 0) is 5.33 Å². The molecule has 4 heteroatoms. The SMILES string of the molecule is CCC(C)(C)N(C)c1ncc(CBr)cn1. The summed E-state index contributed by atoms with van der Waals surface area (Å²) in [5.41, 5.74) is 1.19. The van der Waals surface area contributed by atoms with Gasteiger partial charge >= 0.3 is 0 Å². The lowest BCUT2D eigenvalue weighted by atomic mass is 10.0. The Labute approximate surface area is 100 Å². The molecule has 0 amide bonds. The van der Waals surface area contributed by atoms with Crippen LogP contribution in [0.5, 0.6) is 0 Å². The molecule has 0 saturated heterocycles. The molecule has 0 N–H and O–H groups in total. The Hall–Kier alpha value is -0.640. The molecule has 0 radical (unpaired) electrons. The van der Waals surface area contributed by atoms with Gasteiger partial charge in [0, 0.05) is 30.3 Å². The molecule has 0 bridgehead atoms. The highest BCUT2D eigenvalue weighted by Crippen LogP contribution is 2.21. The second-order valence-corrected chi connectivity index (χ2v) is 4.81. The smallest absolute Gasteiger partial charge is 0.225 e. The molecular formula is C11H18BrN3. The number of hydrogen-bond acceptors (Lipinski definition) is 3.